The molecule has 0 atom stereocenters. The van der Waals surface area contributed by atoms with Gasteiger partial charge >= 0.3 is 5.69 Å². The van der Waals surface area contributed by atoms with Crippen molar-refractivity contribution >= 4 is 5.52 Å². The number of aromatic amines is 2. The predicted molar refractivity (Wildman–Crippen MR) is 55.2 cm³/mol. The summed E-state index contributed by atoms with van der Waals surface area (Å²) >= 11 is 0. The first-order chi connectivity index (χ1) is 7.13. The van der Waals surface area contributed by atoms with Gasteiger partial charge in [0.2, 0.25) is 0 Å². The first-order valence-corrected chi connectivity index (χ1v) is 4.84. The number of nitrogens with one attached hydrogen (secondary N) is 2. The molecule has 0 saturated carbocycles. The first-order valence-electron chi connectivity index (χ1n) is 4.84. The van der Waals surface area contributed by atoms with Crippen LogP contribution in [0, 0.1) is 6.92 Å². The third kappa shape index (κ3) is 1.47. The fourth-order valence-corrected chi connectivity index (χ4v) is 1.66. The van der Waals surface area contributed by atoms with Crippen molar-refractivity contribution in [3.8, 4) is 0 Å². The highest BCUT2D eigenvalue weighted by Gasteiger charge is 2.11. The summed E-state index contributed by atoms with van der Waals surface area (Å²) in [7, 11) is 0. The molecule has 2 N–H and O–H groups in total. The van der Waals surface area contributed by atoms with E-state index in [0.717, 1.165) is 12.8 Å². The molecular weight excluding hydrogens is 196 g/mol. The third-order valence-corrected chi connectivity index (χ3v) is 2.25. The summed E-state index contributed by atoms with van der Waals surface area (Å²) in [5.41, 5.74) is 0.141. The fourth-order valence-electron chi connectivity index (χ4n) is 1.66. The summed E-state index contributed by atoms with van der Waals surface area (Å²) < 4.78 is 1.47. The number of hydrogen-bond acceptors (Lipinski definition) is 3. The van der Waals surface area contributed by atoms with Gasteiger partial charge in [0.25, 0.3) is 5.56 Å². The van der Waals surface area contributed by atoms with Crippen molar-refractivity contribution in [3.63, 3.8) is 0 Å². The monoisotopic (exact) mass is 208 g/mol. The lowest BCUT2D eigenvalue weighted by atomic mass is 10.3. The Morgan fingerprint density at radius 2 is 2.13 bits per heavy atom. The van der Waals surface area contributed by atoms with Crippen LogP contribution in [0.2, 0.25) is 0 Å². The van der Waals surface area contributed by atoms with E-state index in [2.05, 4.69) is 15.1 Å². The maximum Gasteiger partial charge on any atom is 0.340 e. The Bertz CT molecular complexity index is 605. The summed E-state index contributed by atoms with van der Waals surface area (Å²) in [5.74, 6) is 0.716. The van der Waals surface area contributed by atoms with Crippen LogP contribution in [0.4, 0.5) is 0 Å². The van der Waals surface area contributed by atoms with Crippen molar-refractivity contribution in [1.29, 1.82) is 0 Å². The SMILES string of the molecule is CCCc1nc(C)c2c(=O)[nH]c(=O)[nH]n12. The molecular formula is C9H12N4O2. The molecule has 0 aliphatic rings. The van der Waals surface area contributed by atoms with Crippen LogP contribution in [0.3, 0.4) is 0 Å². The van der Waals surface area contributed by atoms with Crippen molar-refractivity contribution in [2.75, 3.05) is 0 Å². The molecule has 0 radical (unpaired) electrons. The zero-order valence-corrected chi connectivity index (χ0v) is 8.63. The standard InChI is InChI=1S/C9H12N4O2/c1-3-4-6-10-5(2)7-8(14)11-9(15)12-13(6)7/h3-4H2,1-2H3,(H2,11,12,14,15). The van der Waals surface area contributed by atoms with Gasteiger partial charge in [0.15, 0.2) is 5.52 Å². The molecule has 2 aromatic rings. The van der Waals surface area contributed by atoms with E-state index in [1.807, 2.05) is 6.92 Å². The van der Waals surface area contributed by atoms with Gasteiger partial charge in [0.05, 0.1) is 5.69 Å². The van der Waals surface area contributed by atoms with Crippen LogP contribution >= 0.6 is 0 Å². The second-order valence-corrected chi connectivity index (χ2v) is 3.44. The Morgan fingerprint density at radius 1 is 1.40 bits per heavy atom. The zero-order valence-electron chi connectivity index (χ0n) is 8.63. The van der Waals surface area contributed by atoms with Gasteiger partial charge < -0.3 is 0 Å². The second-order valence-electron chi connectivity index (χ2n) is 3.44. The second kappa shape index (κ2) is 3.38. The van der Waals surface area contributed by atoms with Gasteiger partial charge in [-0.2, -0.15) is 0 Å². The Kier molecular flexibility index (Phi) is 2.18. The molecule has 2 aromatic heterocycles. The van der Waals surface area contributed by atoms with Crippen LogP contribution in [-0.4, -0.2) is 19.6 Å². The maximum absolute atomic E-state index is 11.5. The van der Waals surface area contributed by atoms with Gasteiger partial charge in [0, 0.05) is 6.42 Å². The molecule has 6 nitrogen and oxygen atoms in total. The Hall–Kier alpha value is -1.85. The largest absolute Gasteiger partial charge is 0.340 e. The van der Waals surface area contributed by atoms with E-state index < -0.39 is 11.2 Å². The van der Waals surface area contributed by atoms with Crippen molar-refractivity contribution in [2.45, 2.75) is 26.7 Å². The molecule has 0 spiro atoms. The van der Waals surface area contributed by atoms with Gasteiger partial charge in [-0.1, -0.05) is 6.92 Å². The fraction of sp³-hybridized carbons (Fsp3) is 0.444. The van der Waals surface area contributed by atoms with Crippen molar-refractivity contribution in [2.24, 2.45) is 0 Å². The normalized spacial score (nSPS) is 11.1. The molecule has 15 heavy (non-hydrogen) atoms. The van der Waals surface area contributed by atoms with Crippen molar-refractivity contribution < 1.29 is 0 Å². The summed E-state index contributed by atoms with van der Waals surface area (Å²) in [6, 6.07) is 0. The summed E-state index contributed by atoms with van der Waals surface area (Å²) in [6.45, 7) is 3.77. The Labute approximate surface area is 85.0 Å². The topological polar surface area (TPSA) is 83.0 Å². The van der Waals surface area contributed by atoms with E-state index in [1.165, 1.54) is 4.52 Å². The maximum atomic E-state index is 11.5. The van der Waals surface area contributed by atoms with Gasteiger partial charge in [-0.05, 0) is 13.3 Å². The van der Waals surface area contributed by atoms with E-state index >= 15 is 0 Å². The summed E-state index contributed by atoms with van der Waals surface area (Å²) in [6.07, 6.45) is 1.64. The molecule has 0 fully saturated rings. The first kappa shape index (κ1) is 9.70. The smallest absolute Gasteiger partial charge is 0.271 e. The summed E-state index contributed by atoms with van der Waals surface area (Å²) in [5, 5.41) is 2.55. The molecule has 2 rings (SSSR count). The average Bonchev–Trinajstić information content (AvgIpc) is 2.43. The van der Waals surface area contributed by atoms with Crippen LogP contribution in [0.25, 0.3) is 5.52 Å². The number of aryl methyl sites for hydroxylation is 2. The molecule has 0 saturated heterocycles. The predicted octanol–water partition coefficient (Wildman–Crippen LogP) is -0.0282. The third-order valence-electron chi connectivity index (χ3n) is 2.25. The number of imidazole rings is 1. The number of rotatable bonds is 2. The van der Waals surface area contributed by atoms with Gasteiger partial charge in [-0.15, -0.1) is 0 Å². The number of H-pyrrole nitrogens is 2. The highest BCUT2D eigenvalue weighted by Crippen LogP contribution is 2.06. The minimum atomic E-state index is -0.512. The van der Waals surface area contributed by atoms with Crippen molar-refractivity contribution in [1.82, 2.24) is 19.6 Å². The summed E-state index contributed by atoms with van der Waals surface area (Å²) in [4.78, 5) is 29.0. The molecule has 0 unspecified atom stereocenters. The molecule has 2 heterocycles. The van der Waals surface area contributed by atoms with E-state index in [1.54, 1.807) is 6.92 Å². The van der Waals surface area contributed by atoms with Gasteiger partial charge in [-0.3, -0.25) is 9.78 Å². The van der Waals surface area contributed by atoms with E-state index in [-0.39, 0.29) is 0 Å². The number of aromatic nitrogens is 4. The van der Waals surface area contributed by atoms with E-state index in [9.17, 15) is 9.59 Å². The quantitative estimate of drug-likeness (QED) is 0.727. The average molecular weight is 208 g/mol. The van der Waals surface area contributed by atoms with Gasteiger partial charge in [0.1, 0.15) is 5.82 Å². The zero-order chi connectivity index (χ0) is 11.0. The Balaban J connectivity index is 2.87. The number of nitrogens with zero attached hydrogens (tertiary/aromatic N) is 2. The molecule has 80 valence electrons. The molecule has 0 bridgehead atoms. The number of hydrogen-bond donors (Lipinski definition) is 2. The van der Waals surface area contributed by atoms with E-state index in [4.69, 9.17) is 0 Å². The van der Waals surface area contributed by atoms with Crippen LogP contribution in [0.1, 0.15) is 24.9 Å². The van der Waals surface area contributed by atoms with Gasteiger partial charge in [-0.25, -0.2) is 19.4 Å². The molecule has 6 heteroatoms. The van der Waals surface area contributed by atoms with Crippen LogP contribution in [0.15, 0.2) is 9.59 Å². The molecule has 0 aliphatic heterocycles. The molecule has 0 amide bonds. The lowest BCUT2D eigenvalue weighted by Crippen LogP contribution is -2.26. The minimum absolute atomic E-state index is 0.397. The van der Waals surface area contributed by atoms with E-state index in [0.29, 0.717) is 17.0 Å². The van der Waals surface area contributed by atoms with Crippen LogP contribution < -0.4 is 11.2 Å². The Morgan fingerprint density at radius 3 is 2.80 bits per heavy atom. The highest BCUT2D eigenvalue weighted by atomic mass is 16.2. The van der Waals surface area contributed by atoms with Crippen molar-refractivity contribution in [3.05, 3.63) is 32.4 Å². The lowest BCUT2D eigenvalue weighted by Gasteiger charge is -1.97. The minimum Gasteiger partial charge on any atom is -0.271 e. The molecule has 0 aliphatic carbocycles. The lowest BCUT2D eigenvalue weighted by molar-refractivity contribution is 0.746. The number of fused-ring (bicyclic) bond motifs is 1. The molecule has 0 aromatic carbocycles. The highest BCUT2D eigenvalue weighted by molar-refractivity contribution is 5.49. The van der Waals surface area contributed by atoms with Crippen LogP contribution in [-0.2, 0) is 6.42 Å². The van der Waals surface area contributed by atoms with Crippen LogP contribution in [0.5, 0.6) is 0 Å².